The molecular formula is C20H20ClNO3. The van der Waals surface area contributed by atoms with E-state index in [1.54, 1.807) is 47.4 Å². The minimum atomic E-state index is -1.85. The molecule has 1 N–H and O–H groups in total. The third-order valence-electron chi connectivity index (χ3n) is 4.57. The quantitative estimate of drug-likeness (QED) is 0.796. The highest BCUT2D eigenvalue weighted by Crippen LogP contribution is 2.43. The second kappa shape index (κ2) is 6.98. The molecule has 1 atom stereocenters. The summed E-state index contributed by atoms with van der Waals surface area (Å²) in [6.07, 6.45) is 1.44. The molecule has 0 saturated carbocycles. The number of fused-ring (bicyclic) bond motifs is 1. The van der Waals surface area contributed by atoms with E-state index in [2.05, 4.69) is 0 Å². The Kier molecular flexibility index (Phi) is 4.93. The van der Waals surface area contributed by atoms with E-state index in [0.29, 0.717) is 28.4 Å². The number of hydrogen-bond donors (Lipinski definition) is 1. The van der Waals surface area contributed by atoms with Gasteiger partial charge in [0.2, 0.25) is 0 Å². The Hall–Kier alpha value is -2.17. The number of anilines is 1. The second-order valence-corrected chi connectivity index (χ2v) is 6.67. The maximum absolute atomic E-state index is 12.9. The Morgan fingerprint density at radius 3 is 2.56 bits per heavy atom. The summed E-state index contributed by atoms with van der Waals surface area (Å²) in [6.45, 7) is 2.56. The summed E-state index contributed by atoms with van der Waals surface area (Å²) in [4.78, 5) is 27.2. The molecule has 1 aliphatic heterocycles. The van der Waals surface area contributed by atoms with Gasteiger partial charge in [-0.25, -0.2) is 0 Å². The van der Waals surface area contributed by atoms with Gasteiger partial charge in [-0.15, -0.1) is 0 Å². The van der Waals surface area contributed by atoms with Gasteiger partial charge in [0.15, 0.2) is 11.4 Å². The number of benzene rings is 2. The van der Waals surface area contributed by atoms with Gasteiger partial charge in [-0.1, -0.05) is 55.3 Å². The van der Waals surface area contributed by atoms with Crippen molar-refractivity contribution >= 4 is 29.0 Å². The first-order valence-electron chi connectivity index (χ1n) is 8.40. The van der Waals surface area contributed by atoms with Gasteiger partial charge < -0.3 is 10.0 Å². The van der Waals surface area contributed by atoms with E-state index in [1.165, 1.54) is 0 Å². The van der Waals surface area contributed by atoms with Gasteiger partial charge in [-0.05, 0) is 24.6 Å². The number of ketones is 1. The van der Waals surface area contributed by atoms with Crippen LogP contribution in [0.15, 0.2) is 48.5 Å². The third kappa shape index (κ3) is 3.08. The van der Waals surface area contributed by atoms with Crippen molar-refractivity contribution in [3.05, 3.63) is 64.7 Å². The highest BCUT2D eigenvalue weighted by molar-refractivity contribution is 6.34. The number of halogens is 1. The lowest BCUT2D eigenvalue weighted by Gasteiger charge is -2.23. The zero-order chi connectivity index (χ0) is 18.0. The van der Waals surface area contributed by atoms with Crippen LogP contribution >= 0.6 is 11.6 Å². The van der Waals surface area contributed by atoms with Crippen LogP contribution in [-0.2, 0) is 10.4 Å². The molecule has 3 rings (SSSR count). The topological polar surface area (TPSA) is 57.6 Å². The lowest BCUT2D eigenvalue weighted by Crippen LogP contribution is -2.42. The lowest BCUT2D eigenvalue weighted by molar-refractivity contribution is -0.135. The monoisotopic (exact) mass is 357 g/mol. The molecule has 0 bridgehead atoms. The van der Waals surface area contributed by atoms with Crippen LogP contribution in [0.4, 0.5) is 5.69 Å². The molecule has 2 aromatic rings. The molecule has 1 heterocycles. The summed E-state index contributed by atoms with van der Waals surface area (Å²) in [5.41, 5.74) is -0.373. The SMILES string of the molecule is CCCCN1C(=O)[C@@](O)(CC(=O)c2ccccc2Cl)c2ccccc21. The number of Topliss-reactive ketones (excluding diaryl/α,β-unsaturated/α-hetero) is 1. The fourth-order valence-electron chi connectivity index (χ4n) is 3.23. The summed E-state index contributed by atoms with van der Waals surface area (Å²) in [6, 6.07) is 13.8. The first-order valence-corrected chi connectivity index (χ1v) is 8.78. The molecular weight excluding hydrogens is 338 g/mol. The average molecular weight is 358 g/mol. The van der Waals surface area contributed by atoms with Gasteiger partial charge in [0, 0.05) is 17.7 Å². The van der Waals surface area contributed by atoms with Gasteiger partial charge in [0.1, 0.15) is 0 Å². The van der Waals surface area contributed by atoms with Crippen molar-refractivity contribution in [2.24, 2.45) is 0 Å². The molecule has 0 unspecified atom stereocenters. The number of nitrogens with zero attached hydrogens (tertiary/aromatic N) is 1. The Bertz CT molecular complexity index is 820. The molecule has 5 heteroatoms. The van der Waals surface area contributed by atoms with Gasteiger partial charge in [0.25, 0.3) is 5.91 Å². The number of aliphatic hydroxyl groups is 1. The number of hydrogen-bond acceptors (Lipinski definition) is 3. The summed E-state index contributed by atoms with van der Waals surface area (Å²) >= 11 is 6.09. The number of carbonyl (C=O) groups is 2. The standard InChI is InChI=1S/C20H20ClNO3/c1-2-3-12-22-17-11-7-5-9-15(17)20(25,19(22)24)13-18(23)14-8-4-6-10-16(14)21/h4-11,25H,2-3,12-13H2,1H3/t20-/m1/s1. The van der Waals surface area contributed by atoms with Crippen LogP contribution in [0.5, 0.6) is 0 Å². The fourth-order valence-corrected chi connectivity index (χ4v) is 3.47. The first-order chi connectivity index (χ1) is 12.0. The minimum Gasteiger partial charge on any atom is -0.375 e. The molecule has 4 nitrogen and oxygen atoms in total. The van der Waals surface area contributed by atoms with Crippen molar-refractivity contribution in [3.63, 3.8) is 0 Å². The van der Waals surface area contributed by atoms with E-state index in [1.807, 2.05) is 13.0 Å². The number of unbranched alkanes of at least 4 members (excludes halogenated alkanes) is 1. The molecule has 1 aliphatic rings. The van der Waals surface area contributed by atoms with E-state index in [0.717, 1.165) is 12.8 Å². The number of carbonyl (C=O) groups excluding carboxylic acids is 2. The maximum atomic E-state index is 12.9. The van der Waals surface area contributed by atoms with Crippen LogP contribution in [0, 0.1) is 0 Å². The number of rotatable bonds is 6. The molecule has 1 amide bonds. The van der Waals surface area contributed by atoms with Crippen molar-refractivity contribution in [2.45, 2.75) is 31.8 Å². The lowest BCUT2D eigenvalue weighted by atomic mass is 9.88. The van der Waals surface area contributed by atoms with Crippen molar-refractivity contribution < 1.29 is 14.7 Å². The Morgan fingerprint density at radius 2 is 1.84 bits per heavy atom. The molecule has 0 saturated heterocycles. The van der Waals surface area contributed by atoms with E-state index in [9.17, 15) is 14.7 Å². The highest BCUT2D eigenvalue weighted by Gasteiger charge is 2.50. The van der Waals surface area contributed by atoms with E-state index >= 15 is 0 Å². The highest BCUT2D eigenvalue weighted by atomic mass is 35.5. The predicted molar refractivity (Wildman–Crippen MR) is 98.0 cm³/mol. The van der Waals surface area contributed by atoms with E-state index < -0.39 is 11.5 Å². The minimum absolute atomic E-state index is 0.315. The predicted octanol–water partition coefficient (Wildman–Crippen LogP) is 3.95. The summed E-state index contributed by atoms with van der Waals surface area (Å²) in [7, 11) is 0. The Balaban J connectivity index is 1.96. The summed E-state index contributed by atoms with van der Waals surface area (Å²) in [5.74, 6) is -0.795. The maximum Gasteiger partial charge on any atom is 0.264 e. The molecule has 0 fully saturated rings. The molecule has 0 radical (unpaired) electrons. The van der Waals surface area contributed by atoms with Crippen LogP contribution in [0.2, 0.25) is 5.02 Å². The van der Waals surface area contributed by atoms with Crippen LogP contribution in [-0.4, -0.2) is 23.3 Å². The molecule has 0 spiro atoms. The van der Waals surface area contributed by atoms with Crippen molar-refractivity contribution in [1.82, 2.24) is 0 Å². The zero-order valence-electron chi connectivity index (χ0n) is 14.0. The molecule has 130 valence electrons. The summed E-state index contributed by atoms with van der Waals surface area (Å²) in [5, 5.41) is 11.5. The van der Waals surface area contributed by atoms with Crippen LogP contribution in [0.3, 0.4) is 0 Å². The average Bonchev–Trinajstić information content (AvgIpc) is 2.81. The smallest absolute Gasteiger partial charge is 0.264 e. The van der Waals surface area contributed by atoms with Gasteiger partial charge in [-0.2, -0.15) is 0 Å². The van der Waals surface area contributed by atoms with Crippen LogP contribution < -0.4 is 4.90 Å². The number of para-hydroxylation sites is 1. The van der Waals surface area contributed by atoms with Gasteiger partial charge >= 0.3 is 0 Å². The van der Waals surface area contributed by atoms with Crippen molar-refractivity contribution in [2.75, 3.05) is 11.4 Å². The Labute approximate surface area is 152 Å². The number of amides is 1. The first kappa shape index (κ1) is 17.6. The molecule has 25 heavy (non-hydrogen) atoms. The molecule has 0 aromatic heterocycles. The van der Waals surface area contributed by atoms with Gasteiger partial charge in [-0.3, -0.25) is 9.59 Å². The third-order valence-corrected chi connectivity index (χ3v) is 4.89. The largest absolute Gasteiger partial charge is 0.375 e. The van der Waals surface area contributed by atoms with Crippen LogP contribution in [0.1, 0.15) is 42.1 Å². The van der Waals surface area contributed by atoms with E-state index in [-0.39, 0.29) is 12.2 Å². The summed E-state index contributed by atoms with van der Waals surface area (Å²) < 4.78 is 0. The Morgan fingerprint density at radius 1 is 1.16 bits per heavy atom. The van der Waals surface area contributed by atoms with Crippen molar-refractivity contribution in [3.8, 4) is 0 Å². The normalized spacial score (nSPS) is 19.2. The zero-order valence-corrected chi connectivity index (χ0v) is 14.8. The molecule has 2 aromatic carbocycles. The fraction of sp³-hybridized carbons (Fsp3) is 0.300. The van der Waals surface area contributed by atoms with Gasteiger partial charge in [0.05, 0.1) is 17.1 Å². The van der Waals surface area contributed by atoms with Crippen LogP contribution in [0.25, 0.3) is 0 Å². The molecule has 0 aliphatic carbocycles. The second-order valence-electron chi connectivity index (χ2n) is 6.27. The van der Waals surface area contributed by atoms with E-state index in [4.69, 9.17) is 11.6 Å². The van der Waals surface area contributed by atoms with Crippen molar-refractivity contribution in [1.29, 1.82) is 0 Å².